The number of alkyl halides is 3. The summed E-state index contributed by atoms with van der Waals surface area (Å²) in [5.41, 5.74) is 3.32. The molecule has 0 aliphatic carbocycles. The van der Waals surface area contributed by atoms with Crippen LogP contribution in [0.15, 0.2) is 60.7 Å². The average Bonchev–Trinajstić information content (AvgIpc) is 2.73. The van der Waals surface area contributed by atoms with Gasteiger partial charge in [-0.3, -0.25) is 0 Å². The molecule has 2 aliphatic rings. The van der Waals surface area contributed by atoms with Crippen LogP contribution in [0.2, 0.25) is 0 Å². The topological polar surface area (TPSA) is 50.7 Å². The predicted molar refractivity (Wildman–Crippen MR) is 125 cm³/mol. The lowest BCUT2D eigenvalue weighted by Crippen LogP contribution is -2.41. The molecule has 0 bridgehead atoms. The normalized spacial score (nSPS) is 19.9. The van der Waals surface area contributed by atoms with Gasteiger partial charge in [-0.05, 0) is 62.2 Å². The minimum Gasteiger partial charge on any atom is -0.457 e. The van der Waals surface area contributed by atoms with E-state index in [-0.39, 0.29) is 23.3 Å². The molecule has 0 radical (unpaired) electrons. The Bertz CT molecular complexity index is 1360. The van der Waals surface area contributed by atoms with Gasteiger partial charge in [0.05, 0.1) is 5.54 Å². The fraction of sp³-hybridized carbons (Fsp3) is 0.259. The SMILES string of the molecule is CC1=CC(C)(C)Nc2ccc3c(c21)C(O)(Cc1ccccc1OC(F)(F)F)Oc1ccc(F)cc1-3. The summed E-state index contributed by atoms with van der Waals surface area (Å²) < 4.78 is 63.6. The first-order chi connectivity index (χ1) is 16.4. The molecule has 35 heavy (non-hydrogen) atoms. The zero-order chi connectivity index (χ0) is 25.2. The van der Waals surface area contributed by atoms with E-state index in [1.165, 1.54) is 36.4 Å². The number of rotatable bonds is 3. The van der Waals surface area contributed by atoms with Crippen LogP contribution in [0.25, 0.3) is 16.7 Å². The van der Waals surface area contributed by atoms with Gasteiger partial charge in [-0.1, -0.05) is 30.3 Å². The highest BCUT2D eigenvalue weighted by atomic mass is 19.4. The maximum absolute atomic E-state index is 14.2. The molecule has 0 aromatic heterocycles. The Kier molecular flexibility index (Phi) is 5.14. The molecular weight excluding hydrogens is 462 g/mol. The van der Waals surface area contributed by atoms with Crippen LogP contribution >= 0.6 is 0 Å². The quantitative estimate of drug-likeness (QED) is 0.402. The fourth-order valence-electron chi connectivity index (χ4n) is 5.03. The van der Waals surface area contributed by atoms with E-state index in [1.54, 1.807) is 12.1 Å². The van der Waals surface area contributed by atoms with Crippen molar-refractivity contribution in [1.82, 2.24) is 0 Å². The Hall–Kier alpha value is -3.52. The summed E-state index contributed by atoms with van der Waals surface area (Å²) in [4.78, 5) is 0. The zero-order valence-electron chi connectivity index (χ0n) is 19.3. The first kappa shape index (κ1) is 23.2. The van der Waals surface area contributed by atoms with Crippen molar-refractivity contribution < 1.29 is 32.1 Å². The van der Waals surface area contributed by atoms with Crippen molar-refractivity contribution in [2.24, 2.45) is 0 Å². The number of benzene rings is 3. The van der Waals surface area contributed by atoms with Gasteiger partial charge in [-0.25, -0.2) is 4.39 Å². The Morgan fingerprint density at radius 3 is 2.51 bits per heavy atom. The van der Waals surface area contributed by atoms with E-state index in [1.807, 2.05) is 32.9 Å². The number of ether oxygens (including phenoxy) is 2. The zero-order valence-corrected chi connectivity index (χ0v) is 19.3. The summed E-state index contributed by atoms with van der Waals surface area (Å²) in [5, 5.41) is 15.4. The summed E-state index contributed by atoms with van der Waals surface area (Å²) in [5.74, 6) is -2.74. The number of para-hydroxylation sites is 1. The smallest absolute Gasteiger partial charge is 0.457 e. The third-order valence-electron chi connectivity index (χ3n) is 6.16. The highest BCUT2D eigenvalue weighted by Crippen LogP contribution is 2.52. The minimum absolute atomic E-state index is 0.104. The molecule has 1 unspecified atom stereocenters. The second-order valence-electron chi connectivity index (χ2n) is 9.44. The molecule has 0 fully saturated rings. The molecule has 2 N–H and O–H groups in total. The number of allylic oxidation sites excluding steroid dienone is 1. The van der Waals surface area contributed by atoms with Crippen LogP contribution < -0.4 is 14.8 Å². The lowest BCUT2D eigenvalue weighted by molar-refractivity contribution is -0.275. The molecule has 2 heterocycles. The standard InChI is InChI=1S/C27H23F4NO3/c1-15-13-25(2,3)32-20-10-9-18-19-12-17(28)8-11-22(19)34-26(33,24(18)23(15)20)14-16-6-4-5-7-21(16)35-27(29,30)31/h4-13,32-33H,14H2,1-3H3. The fourth-order valence-corrected chi connectivity index (χ4v) is 5.03. The molecule has 0 saturated carbocycles. The Morgan fingerprint density at radius 2 is 1.77 bits per heavy atom. The van der Waals surface area contributed by atoms with Crippen LogP contribution in [0.4, 0.5) is 23.2 Å². The maximum atomic E-state index is 14.2. The second-order valence-corrected chi connectivity index (χ2v) is 9.44. The van der Waals surface area contributed by atoms with Crippen LogP contribution in [0.5, 0.6) is 11.5 Å². The first-order valence-electron chi connectivity index (χ1n) is 11.1. The molecular formula is C27H23F4NO3. The third kappa shape index (κ3) is 4.23. The van der Waals surface area contributed by atoms with Gasteiger partial charge in [0.15, 0.2) is 0 Å². The third-order valence-corrected chi connectivity index (χ3v) is 6.16. The highest BCUT2D eigenvalue weighted by Gasteiger charge is 2.44. The van der Waals surface area contributed by atoms with Crippen molar-refractivity contribution in [1.29, 1.82) is 0 Å². The molecule has 8 heteroatoms. The van der Waals surface area contributed by atoms with Gasteiger partial charge in [0.1, 0.15) is 17.3 Å². The molecule has 0 amide bonds. The Balaban J connectivity index is 1.73. The largest absolute Gasteiger partial charge is 0.573 e. The number of aliphatic hydroxyl groups is 1. The summed E-state index contributed by atoms with van der Waals surface area (Å²) in [6, 6.07) is 13.2. The van der Waals surface area contributed by atoms with E-state index in [2.05, 4.69) is 10.1 Å². The van der Waals surface area contributed by atoms with Crippen molar-refractivity contribution in [3.63, 3.8) is 0 Å². The van der Waals surface area contributed by atoms with E-state index in [0.717, 1.165) is 11.3 Å². The molecule has 182 valence electrons. The van der Waals surface area contributed by atoms with Gasteiger partial charge in [-0.2, -0.15) is 0 Å². The van der Waals surface area contributed by atoms with Crippen LogP contribution in [0.3, 0.4) is 0 Å². The number of anilines is 1. The van der Waals surface area contributed by atoms with Crippen LogP contribution in [0, 0.1) is 5.82 Å². The second kappa shape index (κ2) is 7.75. The Labute approximate surface area is 199 Å². The Morgan fingerprint density at radius 1 is 1.03 bits per heavy atom. The molecule has 0 spiro atoms. The molecule has 5 rings (SSSR count). The highest BCUT2D eigenvalue weighted by molar-refractivity contribution is 5.90. The van der Waals surface area contributed by atoms with E-state index in [9.17, 15) is 22.7 Å². The van der Waals surface area contributed by atoms with E-state index in [4.69, 9.17) is 4.74 Å². The molecule has 1 atom stereocenters. The van der Waals surface area contributed by atoms with Crippen molar-refractivity contribution in [2.45, 2.75) is 44.9 Å². The summed E-state index contributed by atoms with van der Waals surface area (Å²) in [6.45, 7) is 5.89. The van der Waals surface area contributed by atoms with Gasteiger partial charge < -0.3 is 19.9 Å². The van der Waals surface area contributed by atoms with Crippen molar-refractivity contribution >= 4 is 11.3 Å². The van der Waals surface area contributed by atoms with Crippen LogP contribution in [-0.4, -0.2) is 17.0 Å². The summed E-state index contributed by atoms with van der Waals surface area (Å²) >= 11 is 0. The number of hydrogen-bond donors (Lipinski definition) is 2. The van der Waals surface area contributed by atoms with Gasteiger partial charge >= 0.3 is 6.36 Å². The minimum atomic E-state index is -4.90. The first-order valence-corrected chi connectivity index (χ1v) is 11.1. The van der Waals surface area contributed by atoms with Crippen molar-refractivity contribution in [3.05, 3.63) is 83.2 Å². The number of nitrogens with one attached hydrogen (secondary N) is 1. The number of fused-ring (bicyclic) bond motifs is 5. The van der Waals surface area contributed by atoms with Gasteiger partial charge in [-0.15, -0.1) is 13.2 Å². The van der Waals surface area contributed by atoms with Gasteiger partial charge in [0.2, 0.25) is 5.79 Å². The monoisotopic (exact) mass is 485 g/mol. The molecule has 3 aromatic carbocycles. The van der Waals surface area contributed by atoms with Crippen molar-refractivity contribution in [3.8, 4) is 22.6 Å². The van der Waals surface area contributed by atoms with Gasteiger partial charge in [0, 0.05) is 34.4 Å². The van der Waals surface area contributed by atoms with E-state index >= 15 is 0 Å². The lowest BCUT2D eigenvalue weighted by atomic mass is 9.79. The average molecular weight is 485 g/mol. The van der Waals surface area contributed by atoms with Gasteiger partial charge in [0.25, 0.3) is 0 Å². The van der Waals surface area contributed by atoms with E-state index in [0.29, 0.717) is 22.3 Å². The van der Waals surface area contributed by atoms with Crippen LogP contribution in [-0.2, 0) is 12.2 Å². The van der Waals surface area contributed by atoms with Crippen LogP contribution in [0.1, 0.15) is 37.5 Å². The maximum Gasteiger partial charge on any atom is 0.573 e. The molecule has 3 aromatic rings. The molecule has 0 saturated heterocycles. The number of halogens is 4. The summed E-state index contributed by atoms with van der Waals surface area (Å²) in [6.07, 6.45) is -3.24. The van der Waals surface area contributed by atoms with E-state index < -0.39 is 23.7 Å². The molecule has 4 nitrogen and oxygen atoms in total. The predicted octanol–water partition coefficient (Wildman–Crippen LogP) is 6.78. The van der Waals surface area contributed by atoms with Crippen molar-refractivity contribution in [2.75, 3.05) is 5.32 Å². The molecule has 2 aliphatic heterocycles. The lowest BCUT2D eigenvalue weighted by Gasteiger charge is -2.41. The summed E-state index contributed by atoms with van der Waals surface area (Å²) in [7, 11) is 0. The number of hydrogen-bond acceptors (Lipinski definition) is 4.